The van der Waals surface area contributed by atoms with Crippen molar-refractivity contribution in [2.75, 3.05) is 13.1 Å². The molecule has 3 nitrogen and oxygen atoms in total. The van der Waals surface area contributed by atoms with Gasteiger partial charge in [0, 0.05) is 13.1 Å². The van der Waals surface area contributed by atoms with Crippen molar-refractivity contribution in [1.82, 2.24) is 4.90 Å². The van der Waals surface area contributed by atoms with E-state index in [4.69, 9.17) is 0 Å². The van der Waals surface area contributed by atoms with Gasteiger partial charge in [-0.1, -0.05) is 18.2 Å². The fraction of sp³-hybridized carbons (Fsp3) is 0.438. The third-order valence-corrected chi connectivity index (χ3v) is 4.10. The summed E-state index contributed by atoms with van der Waals surface area (Å²) in [6.07, 6.45) is -1.45. The third-order valence-electron chi connectivity index (χ3n) is 4.10. The summed E-state index contributed by atoms with van der Waals surface area (Å²) in [4.78, 5) is 12.8. The van der Waals surface area contributed by atoms with E-state index in [0.29, 0.717) is 18.8 Å². The van der Waals surface area contributed by atoms with E-state index in [-0.39, 0.29) is 18.4 Å². The standard InChI is InChI=1S/C16H18F3NO2/c1-2-14(11-21)20-8-6-15(22,7-9-20)12-4-3-5-13(10-12)16(17,18)19/h2-5,10-11,22H,6-9H2,1H3. The van der Waals surface area contributed by atoms with Gasteiger partial charge >= 0.3 is 6.18 Å². The fourth-order valence-corrected chi connectivity index (χ4v) is 2.73. The molecule has 22 heavy (non-hydrogen) atoms. The van der Waals surface area contributed by atoms with Crippen LogP contribution >= 0.6 is 0 Å². The lowest BCUT2D eigenvalue weighted by atomic mass is 9.83. The molecule has 0 atom stereocenters. The van der Waals surface area contributed by atoms with E-state index in [1.165, 1.54) is 12.1 Å². The molecular weight excluding hydrogens is 295 g/mol. The van der Waals surface area contributed by atoms with Gasteiger partial charge in [-0.3, -0.25) is 4.79 Å². The minimum atomic E-state index is -4.43. The van der Waals surface area contributed by atoms with Crippen molar-refractivity contribution in [3.05, 3.63) is 47.2 Å². The molecule has 0 unspecified atom stereocenters. The summed E-state index contributed by atoms with van der Waals surface area (Å²) >= 11 is 0. The summed E-state index contributed by atoms with van der Waals surface area (Å²) in [5.74, 6) is 0. The highest BCUT2D eigenvalue weighted by atomic mass is 19.4. The number of hydrogen-bond donors (Lipinski definition) is 1. The molecular formula is C16H18F3NO2. The van der Waals surface area contributed by atoms with Gasteiger partial charge in [0.15, 0.2) is 6.29 Å². The highest BCUT2D eigenvalue weighted by Gasteiger charge is 2.37. The van der Waals surface area contributed by atoms with E-state index in [2.05, 4.69) is 0 Å². The zero-order valence-corrected chi connectivity index (χ0v) is 12.2. The van der Waals surface area contributed by atoms with E-state index < -0.39 is 17.3 Å². The number of hydrogen-bond acceptors (Lipinski definition) is 3. The molecule has 0 saturated carbocycles. The molecule has 120 valence electrons. The van der Waals surface area contributed by atoms with Crippen LogP contribution in [0.25, 0.3) is 0 Å². The van der Waals surface area contributed by atoms with Gasteiger partial charge in [0.1, 0.15) is 0 Å². The molecule has 1 heterocycles. The van der Waals surface area contributed by atoms with Crippen molar-refractivity contribution in [2.45, 2.75) is 31.5 Å². The van der Waals surface area contributed by atoms with Crippen LogP contribution in [0.5, 0.6) is 0 Å². The summed E-state index contributed by atoms with van der Waals surface area (Å²) in [5, 5.41) is 10.7. The second-order valence-corrected chi connectivity index (χ2v) is 5.43. The van der Waals surface area contributed by atoms with Crippen molar-refractivity contribution in [1.29, 1.82) is 0 Å². The number of benzene rings is 1. The van der Waals surface area contributed by atoms with Crippen LogP contribution in [0.15, 0.2) is 36.0 Å². The Morgan fingerprint density at radius 1 is 1.32 bits per heavy atom. The first-order valence-corrected chi connectivity index (χ1v) is 7.07. The van der Waals surface area contributed by atoms with Crippen LogP contribution in [0, 0.1) is 0 Å². The molecule has 1 aromatic carbocycles. The SMILES string of the molecule is CC=C(C=O)N1CCC(O)(c2cccc(C(F)(F)F)c2)CC1. The van der Waals surface area contributed by atoms with Crippen LogP contribution in [0.4, 0.5) is 13.2 Å². The number of nitrogens with zero attached hydrogens (tertiary/aromatic N) is 1. The van der Waals surface area contributed by atoms with Crippen LogP contribution in [0.1, 0.15) is 30.9 Å². The Labute approximate surface area is 127 Å². The maximum atomic E-state index is 12.8. The quantitative estimate of drug-likeness (QED) is 0.688. The molecule has 0 bridgehead atoms. The van der Waals surface area contributed by atoms with Crippen molar-refractivity contribution in [3.63, 3.8) is 0 Å². The first-order valence-electron chi connectivity index (χ1n) is 7.07. The zero-order chi connectivity index (χ0) is 16.4. The average Bonchev–Trinajstić information content (AvgIpc) is 2.50. The van der Waals surface area contributed by atoms with Crippen LogP contribution in [0.3, 0.4) is 0 Å². The lowest BCUT2D eigenvalue weighted by Crippen LogP contribution is -2.42. The molecule has 1 aromatic rings. The number of aldehydes is 1. The molecule has 6 heteroatoms. The van der Waals surface area contributed by atoms with Gasteiger partial charge in [0.05, 0.1) is 16.9 Å². The lowest BCUT2D eigenvalue weighted by Gasteiger charge is -2.39. The second-order valence-electron chi connectivity index (χ2n) is 5.43. The van der Waals surface area contributed by atoms with E-state index >= 15 is 0 Å². The largest absolute Gasteiger partial charge is 0.416 e. The van der Waals surface area contributed by atoms with Crippen LogP contribution in [-0.2, 0) is 16.6 Å². The monoisotopic (exact) mass is 313 g/mol. The van der Waals surface area contributed by atoms with E-state index in [1.807, 2.05) is 4.90 Å². The molecule has 2 rings (SSSR count). The molecule has 0 aromatic heterocycles. The van der Waals surface area contributed by atoms with Gasteiger partial charge < -0.3 is 10.0 Å². The summed E-state index contributed by atoms with van der Waals surface area (Å²) < 4.78 is 38.3. The second kappa shape index (κ2) is 6.12. The number of rotatable bonds is 3. The molecule has 1 N–H and O–H groups in total. The predicted molar refractivity (Wildman–Crippen MR) is 76.0 cm³/mol. The molecule has 0 spiro atoms. The highest BCUT2D eigenvalue weighted by Crippen LogP contribution is 2.37. The molecule has 1 aliphatic rings. The van der Waals surface area contributed by atoms with Gasteiger partial charge in [-0.15, -0.1) is 0 Å². The third kappa shape index (κ3) is 3.32. The number of allylic oxidation sites excluding steroid dienone is 2. The number of carbonyl (C=O) groups excluding carboxylic acids is 1. The highest BCUT2D eigenvalue weighted by molar-refractivity contribution is 5.72. The van der Waals surface area contributed by atoms with Gasteiger partial charge in [-0.05, 0) is 37.5 Å². The Kier molecular flexibility index (Phi) is 4.60. The number of carbonyl (C=O) groups is 1. The van der Waals surface area contributed by atoms with Crippen molar-refractivity contribution in [3.8, 4) is 0 Å². The van der Waals surface area contributed by atoms with Crippen LogP contribution in [0.2, 0.25) is 0 Å². The Morgan fingerprint density at radius 2 is 1.95 bits per heavy atom. The van der Waals surface area contributed by atoms with E-state index in [1.54, 1.807) is 13.0 Å². The smallest absolute Gasteiger partial charge is 0.385 e. The number of halogens is 3. The summed E-state index contributed by atoms with van der Waals surface area (Å²) in [5.41, 5.74) is -1.25. The minimum Gasteiger partial charge on any atom is -0.385 e. The van der Waals surface area contributed by atoms with Crippen molar-refractivity contribution in [2.24, 2.45) is 0 Å². The average molecular weight is 313 g/mol. The normalized spacial score (nSPS) is 19.1. The Bertz CT molecular complexity index is 573. The first-order chi connectivity index (χ1) is 10.3. The fourth-order valence-electron chi connectivity index (χ4n) is 2.73. The van der Waals surface area contributed by atoms with Crippen molar-refractivity contribution < 1.29 is 23.1 Å². The predicted octanol–water partition coefficient (Wildman–Crippen LogP) is 3.09. The van der Waals surface area contributed by atoms with Gasteiger partial charge in [-0.2, -0.15) is 13.2 Å². The van der Waals surface area contributed by atoms with Gasteiger partial charge in [0.2, 0.25) is 0 Å². The molecule has 1 fully saturated rings. The van der Waals surface area contributed by atoms with Crippen molar-refractivity contribution >= 4 is 6.29 Å². The summed E-state index contributed by atoms with van der Waals surface area (Å²) in [6, 6.07) is 4.82. The first kappa shape index (κ1) is 16.5. The minimum absolute atomic E-state index is 0.273. The van der Waals surface area contributed by atoms with Gasteiger partial charge in [0.25, 0.3) is 0 Å². The maximum Gasteiger partial charge on any atom is 0.416 e. The number of piperidine rings is 1. The Balaban J connectivity index is 2.19. The Hall–Kier alpha value is -1.82. The molecule has 1 saturated heterocycles. The number of aliphatic hydroxyl groups is 1. The molecule has 0 aliphatic carbocycles. The van der Waals surface area contributed by atoms with Crippen LogP contribution < -0.4 is 0 Å². The Morgan fingerprint density at radius 3 is 2.45 bits per heavy atom. The van der Waals surface area contributed by atoms with E-state index in [0.717, 1.165) is 18.4 Å². The van der Waals surface area contributed by atoms with E-state index in [9.17, 15) is 23.1 Å². The molecule has 0 radical (unpaired) electrons. The number of likely N-dealkylation sites (tertiary alicyclic amines) is 1. The lowest BCUT2D eigenvalue weighted by molar-refractivity contribution is -0.137. The zero-order valence-electron chi connectivity index (χ0n) is 12.2. The van der Waals surface area contributed by atoms with Crippen LogP contribution in [-0.4, -0.2) is 29.4 Å². The summed E-state index contributed by atoms with van der Waals surface area (Å²) in [6.45, 7) is 2.59. The molecule has 1 aliphatic heterocycles. The molecule has 0 amide bonds. The number of alkyl halides is 3. The van der Waals surface area contributed by atoms with Gasteiger partial charge in [-0.25, -0.2) is 0 Å². The maximum absolute atomic E-state index is 12.8. The summed E-state index contributed by atoms with van der Waals surface area (Å²) in [7, 11) is 0. The topological polar surface area (TPSA) is 40.5 Å².